The van der Waals surface area contributed by atoms with Crippen LogP contribution in [0.5, 0.6) is 0 Å². The molecule has 0 aliphatic rings. The van der Waals surface area contributed by atoms with Gasteiger partial charge in [0.15, 0.2) is 6.10 Å². The topological polar surface area (TPSA) is 78.9 Å². The number of unbranched alkanes of at least 4 members (excludes halogenated alkanes) is 29. The number of allylic oxidation sites excluding steroid dienone is 10. The average molecular weight is 909 g/mol. The first-order valence-corrected chi connectivity index (χ1v) is 27.8. The maximum atomic E-state index is 12.8. The van der Waals surface area contributed by atoms with Crippen molar-refractivity contribution in [1.29, 1.82) is 0 Å². The smallest absolute Gasteiger partial charge is 0.306 e. The molecule has 6 heteroatoms. The predicted molar refractivity (Wildman–Crippen MR) is 279 cm³/mol. The van der Waals surface area contributed by atoms with Gasteiger partial charge < -0.3 is 14.2 Å². The lowest BCUT2D eigenvalue weighted by molar-refractivity contribution is -0.167. The number of ether oxygens (including phenoxy) is 3. The van der Waals surface area contributed by atoms with Crippen LogP contribution in [0, 0.1) is 0 Å². The van der Waals surface area contributed by atoms with Crippen LogP contribution in [-0.2, 0) is 28.6 Å². The molecule has 65 heavy (non-hydrogen) atoms. The van der Waals surface area contributed by atoms with Gasteiger partial charge in [-0.2, -0.15) is 0 Å². The van der Waals surface area contributed by atoms with Crippen molar-refractivity contribution in [3.8, 4) is 0 Å². The van der Waals surface area contributed by atoms with Crippen LogP contribution in [-0.4, -0.2) is 37.2 Å². The predicted octanol–water partition coefficient (Wildman–Crippen LogP) is 18.4. The summed E-state index contributed by atoms with van der Waals surface area (Å²) in [6, 6.07) is 0. The van der Waals surface area contributed by atoms with Gasteiger partial charge in [-0.15, -0.1) is 0 Å². The lowest BCUT2D eigenvalue weighted by Crippen LogP contribution is -2.30. The molecule has 0 amide bonds. The standard InChI is InChI=1S/C59H104O6/c1-4-7-10-13-16-19-22-25-27-29-31-34-37-40-43-46-49-52-58(61)64-55-56(54-63-57(60)51-48-45-42-39-36-33-24-21-18-15-12-9-6-3)65-59(62)53-50-47-44-41-38-35-32-30-28-26-23-20-17-14-11-8-5-2/h16-17,19-20,25-28,33,36,56H,4-15,18,21-24,29-32,34-35,37-55H2,1-3H3/b19-16-,20-17-,27-25-,28-26-,36-33-. The molecule has 1 unspecified atom stereocenters. The summed E-state index contributed by atoms with van der Waals surface area (Å²) in [4.78, 5) is 38.1. The van der Waals surface area contributed by atoms with Gasteiger partial charge in [0.1, 0.15) is 13.2 Å². The van der Waals surface area contributed by atoms with Crippen LogP contribution in [0.3, 0.4) is 0 Å². The summed E-state index contributed by atoms with van der Waals surface area (Å²) < 4.78 is 16.8. The van der Waals surface area contributed by atoms with Gasteiger partial charge in [-0.1, -0.05) is 210 Å². The normalized spacial score (nSPS) is 12.5. The molecule has 0 radical (unpaired) electrons. The second-order valence-electron chi connectivity index (χ2n) is 18.5. The van der Waals surface area contributed by atoms with E-state index in [2.05, 4.69) is 81.5 Å². The Kier molecular flexibility index (Phi) is 51.3. The Morgan fingerprint density at radius 2 is 0.554 bits per heavy atom. The highest BCUT2D eigenvalue weighted by atomic mass is 16.6. The molecule has 0 N–H and O–H groups in total. The molecule has 376 valence electrons. The minimum atomic E-state index is -0.787. The zero-order chi connectivity index (χ0) is 47.2. The Bertz CT molecular complexity index is 1180. The maximum absolute atomic E-state index is 12.8. The van der Waals surface area contributed by atoms with Crippen molar-refractivity contribution in [2.45, 2.75) is 284 Å². The van der Waals surface area contributed by atoms with Crippen LogP contribution < -0.4 is 0 Å². The van der Waals surface area contributed by atoms with Crippen molar-refractivity contribution in [2.24, 2.45) is 0 Å². The summed E-state index contributed by atoms with van der Waals surface area (Å²) in [5, 5.41) is 0. The first kappa shape index (κ1) is 62.1. The van der Waals surface area contributed by atoms with Crippen molar-refractivity contribution in [3.63, 3.8) is 0 Å². The van der Waals surface area contributed by atoms with E-state index < -0.39 is 6.10 Å². The summed E-state index contributed by atoms with van der Waals surface area (Å²) in [5.41, 5.74) is 0. The van der Waals surface area contributed by atoms with Crippen molar-refractivity contribution >= 4 is 17.9 Å². The fourth-order valence-electron chi connectivity index (χ4n) is 7.73. The van der Waals surface area contributed by atoms with Gasteiger partial charge in [0.25, 0.3) is 0 Å². The Morgan fingerprint density at radius 3 is 0.908 bits per heavy atom. The van der Waals surface area contributed by atoms with E-state index >= 15 is 0 Å². The van der Waals surface area contributed by atoms with Crippen LogP contribution in [0.4, 0.5) is 0 Å². The number of hydrogen-bond acceptors (Lipinski definition) is 6. The van der Waals surface area contributed by atoms with Crippen molar-refractivity contribution < 1.29 is 28.6 Å². The van der Waals surface area contributed by atoms with E-state index in [1.165, 1.54) is 141 Å². The number of hydrogen-bond donors (Lipinski definition) is 0. The zero-order valence-corrected chi connectivity index (χ0v) is 43.0. The molecule has 0 rings (SSSR count). The Morgan fingerprint density at radius 1 is 0.308 bits per heavy atom. The van der Waals surface area contributed by atoms with E-state index in [4.69, 9.17) is 14.2 Å². The third kappa shape index (κ3) is 51.9. The largest absolute Gasteiger partial charge is 0.462 e. The van der Waals surface area contributed by atoms with Gasteiger partial charge in [-0.3, -0.25) is 14.4 Å². The highest BCUT2D eigenvalue weighted by Gasteiger charge is 2.19. The van der Waals surface area contributed by atoms with Gasteiger partial charge in [0.2, 0.25) is 0 Å². The third-order valence-corrected chi connectivity index (χ3v) is 12.0. The summed E-state index contributed by atoms with van der Waals surface area (Å²) in [6.07, 6.45) is 66.3. The maximum Gasteiger partial charge on any atom is 0.306 e. The molecule has 0 heterocycles. The highest BCUT2D eigenvalue weighted by Crippen LogP contribution is 2.14. The molecule has 0 aliphatic heterocycles. The molecule has 0 saturated heterocycles. The molecule has 0 saturated carbocycles. The molecule has 0 aromatic heterocycles. The van der Waals surface area contributed by atoms with Gasteiger partial charge in [-0.25, -0.2) is 0 Å². The molecule has 0 bridgehead atoms. The van der Waals surface area contributed by atoms with E-state index in [1.807, 2.05) is 0 Å². The van der Waals surface area contributed by atoms with Gasteiger partial charge in [-0.05, 0) is 109 Å². The van der Waals surface area contributed by atoms with E-state index in [9.17, 15) is 14.4 Å². The summed E-state index contributed by atoms with van der Waals surface area (Å²) >= 11 is 0. The van der Waals surface area contributed by atoms with Crippen LogP contribution in [0.1, 0.15) is 278 Å². The first-order chi connectivity index (χ1) is 32.0. The van der Waals surface area contributed by atoms with Crippen LogP contribution in [0.15, 0.2) is 60.8 Å². The summed E-state index contributed by atoms with van der Waals surface area (Å²) in [6.45, 7) is 6.57. The van der Waals surface area contributed by atoms with E-state index in [0.717, 1.165) is 96.3 Å². The zero-order valence-electron chi connectivity index (χ0n) is 43.0. The Hall–Kier alpha value is -2.89. The van der Waals surface area contributed by atoms with E-state index in [0.29, 0.717) is 19.3 Å². The second kappa shape index (κ2) is 53.7. The minimum absolute atomic E-state index is 0.0858. The molecule has 6 nitrogen and oxygen atoms in total. The number of carbonyl (C=O) groups excluding carboxylic acids is 3. The van der Waals surface area contributed by atoms with Gasteiger partial charge in [0, 0.05) is 19.3 Å². The fourth-order valence-corrected chi connectivity index (χ4v) is 7.73. The van der Waals surface area contributed by atoms with Gasteiger partial charge in [0.05, 0.1) is 0 Å². The lowest BCUT2D eigenvalue weighted by Gasteiger charge is -2.18. The summed E-state index contributed by atoms with van der Waals surface area (Å²) in [7, 11) is 0. The molecule has 0 spiro atoms. The average Bonchev–Trinajstić information content (AvgIpc) is 3.30. The first-order valence-electron chi connectivity index (χ1n) is 27.8. The highest BCUT2D eigenvalue weighted by molar-refractivity contribution is 5.71. The fraction of sp³-hybridized carbons (Fsp3) is 0.780. The SMILES string of the molecule is CCCCC/C=C\C/C=C\CCCCCCCCCC(=O)OCC(COC(=O)CCCCC/C=C\CCCCCCCC)OC(=O)CCCCCCCCC/C=C\C/C=C\CCCCC. The Balaban J connectivity index is 4.41. The Labute approximate surface area is 402 Å². The van der Waals surface area contributed by atoms with Crippen molar-refractivity contribution in [1.82, 2.24) is 0 Å². The minimum Gasteiger partial charge on any atom is -0.462 e. The second-order valence-corrected chi connectivity index (χ2v) is 18.5. The van der Waals surface area contributed by atoms with Crippen LogP contribution in [0.2, 0.25) is 0 Å². The molecule has 0 aromatic carbocycles. The quantitative estimate of drug-likeness (QED) is 0.0262. The van der Waals surface area contributed by atoms with E-state index in [1.54, 1.807) is 0 Å². The van der Waals surface area contributed by atoms with Crippen LogP contribution >= 0.6 is 0 Å². The van der Waals surface area contributed by atoms with Crippen molar-refractivity contribution in [2.75, 3.05) is 13.2 Å². The van der Waals surface area contributed by atoms with E-state index in [-0.39, 0.29) is 31.1 Å². The monoisotopic (exact) mass is 909 g/mol. The molecule has 0 aromatic rings. The molecular formula is C59H104O6. The lowest BCUT2D eigenvalue weighted by atomic mass is 10.1. The molecule has 1 atom stereocenters. The van der Waals surface area contributed by atoms with Crippen molar-refractivity contribution in [3.05, 3.63) is 60.8 Å². The molecule has 0 aliphatic carbocycles. The number of esters is 3. The summed E-state index contributed by atoms with van der Waals surface area (Å²) in [5.74, 6) is -0.910. The van der Waals surface area contributed by atoms with Crippen LogP contribution in [0.25, 0.3) is 0 Å². The number of rotatable bonds is 50. The number of carbonyl (C=O) groups is 3. The molecule has 0 fully saturated rings. The third-order valence-electron chi connectivity index (χ3n) is 12.0. The molecular weight excluding hydrogens is 805 g/mol. The van der Waals surface area contributed by atoms with Gasteiger partial charge >= 0.3 is 17.9 Å².